The van der Waals surface area contributed by atoms with Crippen LogP contribution in [0.15, 0.2) is 18.2 Å². The second kappa shape index (κ2) is 4.55. The van der Waals surface area contributed by atoms with Gasteiger partial charge in [0.1, 0.15) is 0 Å². The van der Waals surface area contributed by atoms with Gasteiger partial charge in [-0.15, -0.1) is 0 Å². The van der Waals surface area contributed by atoms with Crippen LogP contribution in [0.2, 0.25) is 0 Å². The Kier molecular flexibility index (Phi) is 3.24. The summed E-state index contributed by atoms with van der Waals surface area (Å²) < 4.78 is 26.6. The van der Waals surface area contributed by atoms with Crippen molar-refractivity contribution in [3.8, 4) is 0 Å². The number of benzene rings is 1. The predicted molar refractivity (Wildman–Crippen MR) is 65.7 cm³/mol. The van der Waals surface area contributed by atoms with Crippen molar-refractivity contribution >= 4 is 11.6 Å². The van der Waals surface area contributed by atoms with Gasteiger partial charge < -0.3 is 10.6 Å². The van der Waals surface area contributed by atoms with Gasteiger partial charge in [0, 0.05) is 24.2 Å². The smallest absolute Gasteiger partial charge is 0.265 e. The molecule has 0 atom stereocenters. The highest BCUT2D eigenvalue weighted by Crippen LogP contribution is 2.28. The van der Waals surface area contributed by atoms with Crippen LogP contribution >= 0.6 is 0 Å². The first-order valence-corrected chi connectivity index (χ1v) is 5.92. The van der Waals surface area contributed by atoms with Gasteiger partial charge in [0.15, 0.2) is 0 Å². The fraction of sp³-hybridized carbons (Fsp3) is 0.462. The lowest BCUT2D eigenvalue weighted by molar-refractivity contribution is -0.0560. The Labute approximate surface area is 105 Å². The Hall–Kier alpha value is -1.65. The molecule has 0 bridgehead atoms. The number of anilines is 1. The molecule has 3 nitrogen and oxygen atoms in total. The standard InChI is InChI=1S/C13H16F2N2O/c1-9-7-10(16)3-4-11(9)12(18)17-6-2-5-13(14,15)8-17/h3-4,7H,2,5-6,8,16H2,1H3. The van der Waals surface area contributed by atoms with E-state index in [0.29, 0.717) is 29.8 Å². The fourth-order valence-corrected chi connectivity index (χ4v) is 2.24. The lowest BCUT2D eigenvalue weighted by Gasteiger charge is -2.32. The first-order valence-electron chi connectivity index (χ1n) is 5.92. The molecule has 0 unspecified atom stereocenters. The van der Waals surface area contributed by atoms with E-state index in [4.69, 9.17) is 5.73 Å². The molecular weight excluding hydrogens is 238 g/mol. The predicted octanol–water partition coefficient (Wildman–Crippen LogP) is 2.45. The van der Waals surface area contributed by atoms with E-state index in [9.17, 15) is 13.6 Å². The van der Waals surface area contributed by atoms with Crippen molar-refractivity contribution in [3.05, 3.63) is 29.3 Å². The maximum atomic E-state index is 13.3. The van der Waals surface area contributed by atoms with Gasteiger partial charge >= 0.3 is 0 Å². The molecule has 1 aromatic carbocycles. The minimum Gasteiger partial charge on any atom is -0.399 e. The topological polar surface area (TPSA) is 46.3 Å². The zero-order chi connectivity index (χ0) is 13.3. The van der Waals surface area contributed by atoms with E-state index >= 15 is 0 Å². The molecule has 2 rings (SSSR count). The summed E-state index contributed by atoms with van der Waals surface area (Å²) in [7, 11) is 0. The molecule has 0 aromatic heterocycles. The van der Waals surface area contributed by atoms with E-state index in [1.807, 2.05) is 0 Å². The molecule has 5 heteroatoms. The summed E-state index contributed by atoms with van der Waals surface area (Å²) in [5.41, 5.74) is 7.33. The second-order valence-corrected chi connectivity index (χ2v) is 4.76. The van der Waals surface area contributed by atoms with Crippen LogP contribution in [0.3, 0.4) is 0 Å². The summed E-state index contributed by atoms with van der Waals surface area (Å²) in [6.07, 6.45) is 0.199. The zero-order valence-corrected chi connectivity index (χ0v) is 10.2. The maximum Gasteiger partial charge on any atom is 0.265 e. The number of carbonyl (C=O) groups is 1. The van der Waals surface area contributed by atoms with Gasteiger partial charge in [0.05, 0.1) is 6.54 Å². The van der Waals surface area contributed by atoms with Gasteiger partial charge in [-0.05, 0) is 37.1 Å². The molecule has 98 valence electrons. The number of halogens is 2. The summed E-state index contributed by atoms with van der Waals surface area (Å²) >= 11 is 0. The quantitative estimate of drug-likeness (QED) is 0.782. The summed E-state index contributed by atoms with van der Waals surface area (Å²) in [4.78, 5) is 13.4. The normalized spacial score (nSPS) is 18.7. The Morgan fingerprint density at radius 3 is 2.78 bits per heavy atom. The summed E-state index contributed by atoms with van der Waals surface area (Å²) in [6.45, 7) is 1.65. The molecule has 0 spiro atoms. The van der Waals surface area contributed by atoms with Crippen LogP contribution < -0.4 is 5.73 Å². The number of nitrogens with two attached hydrogens (primary N) is 1. The number of hydrogen-bond donors (Lipinski definition) is 1. The summed E-state index contributed by atoms with van der Waals surface area (Å²) in [5, 5.41) is 0. The highest BCUT2D eigenvalue weighted by Gasteiger charge is 2.37. The van der Waals surface area contributed by atoms with Crippen LogP contribution in [-0.4, -0.2) is 29.8 Å². The Balaban J connectivity index is 2.20. The van der Waals surface area contributed by atoms with E-state index in [2.05, 4.69) is 0 Å². The van der Waals surface area contributed by atoms with Gasteiger partial charge in [-0.25, -0.2) is 8.78 Å². The van der Waals surface area contributed by atoms with E-state index < -0.39 is 12.5 Å². The first-order chi connectivity index (χ1) is 8.39. The highest BCUT2D eigenvalue weighted by atomic mass is 19.3. The Morgan fingerprint density at radius 2 is 2.17 bits per heavy atom. The van der Waals surface area contributed by atoms with Crippen molar-refractivity contribution in [2.45, 2.75) is 25.7 Å². The molecular formula is C13H16F2N2O. The number of amides is 1. The third-order valence-electron chi connectivity index (χ3n) is 3.16. The molecule has 0 aliphatic carbocycles. The van der Waals surface area contributed by atoms with Crippen molar-refractivity contribution in [2.24, 2.45) is 0 Å². The van der Waals surface area contributed by atoms with E-state index in [1.165, 1.54) is 4.90 Å². The molecule has 1 aliphatic heterocycles. The van der Waals surface area contributed by atoms with E-state index in [0.717, 1.165) is 0 Å². The minimum absolute atomic E-state index is 0.141. The average Bonchev–Trinajstić information content (AvgIpc) is 2.27. The highest BCUT2D eigenvalue weighted by molar-refractivity contribution is 5.96. The van der Waals surface area contributed by atoms with E-state index in [1.54, 1.807) is 25.1 Å². The van der Waals surface area contributed by atoms with Crippen LogP contribution in [0, 0.1) is 6.92 Å². The van der Waals surface area contributed by atoms with Crippen LogP contribution in [0.4, 0.5) is 14.5 Å². The monoisotopic (exact) mass is 254 g/mol. The first kappa shape index (κ1) is 12.8. The molecule has 0 radical (unpaired) electrons. The fourth-order valence-electron chi connectivity index (χ4n) is 2.24. The third kappa shape index (κ3) is 2.60. The Bertz CT molecular complexity index is 474. The van der Waals surface area contributed by atoms with Crippen LogP contribution in [0.5, 0.6) is 0 Å². The number of aryl methyl sites for hydroxylation is 1. The second-order valence-electron chi connectivity index (χ2n) is 4.76. The Morgan fingerprint density at radius 1 is 1.44 bits per heavy atom. The van der Waals surface area contributed by atoms with Gasteiger partial charge in [-0.1, -0.05) is 0 Å². The van der Waals surface area contributed by atoms with Crippen LogP contribution in [0.25, 0.3) is 0 Å². The molecule has 1 saturated heterocycles. The van der Waals surface area contributed by atoms with Gasteiger partial charge in [0.25, 0.3) is 11.8 Å². The zero-order valence-electron chi connectivity index (χ0n) is 10.2. The molecule has 1 aliphatic rings. The largest absolute Gasteiger partial charge is 0.399 e. The molecule has 1 aromatic rings. The van der Waals surface area contributed by atoms with Crippen molar-refractivity contribution in [2.75, 3.05) is 18.8 Å². The maximum absolute atomic E-state index is 13.3. The number of likely N-dealkylation sites (tertiary alicyclic amines) is 1. The van der Waals surface area contributed by atoms with Crippen LogP contribution in [-0.2, 0) is 0 Å². The minimum atomic E-state index is -2.77. The molecule has 1 amide bonds. The summed E-state index contributed by atoms with van der Waals surface area (Å²) in [6, 6.07) is 4.89. The SMILES string of the molecule is Cc1cc(N)ccc1C(=O)N1CCCC(F)(F)C1. The molecule has 0 saturated carbocycles. The van der Waals surface area contributed by atoms with Gasteiger partial charge in [-0.3, -0.25) is 4.79 Å². The molecule has 18 heavy (non-hydrogen) atoms. The van der Waals surface area contributed by atoms with Crippen molar-refractivity contribution < 1.29 is 13.6 Å². The lowest BCUT2D eigenvalue weighted by atomic mass is 10.0. The van der Waals surface area contributed by atoms with Gasteiger partial charge in [0.2, 0.25) is 0 Å². The van der Waals surface area contributed by atoms with Crippen molar-refractivity contribution in [1.29, 1.82) is 0 Å². The number of piperidine rings is 1. The number of hydrogen-bond acceptors (Lipinski definition) is 2. The lowest BCUT2D eigenvalue weighted by Crippen LogP contribution is -2.45. The summed E-state index contributed by atoms with van der Waals surface area (Å²) in [5.74, 6) is -3.11. The van der Waals surface area contributed by atoms with Crippen molar-refractivity contribution in [1.82, 2.24) is 4.90 Å². The molecule has 1 heterocycles. The number of carbonyl (C=O) groups excluding carboxylic acids is 1. The van der Waals surface area contributed by atoms with Crippen molar-refractivity contribution in [3.63, 3.8) is 0 Å². The number of alkyl halides is 2. The number of nitrogens with zero attached hydrogens (tertiary/aromatic N) is 1. The molecule has 2 N–H and O–H groups in total. The van der Waals surface area contributed by atoms with Crippen LogP contribution in [0.1, 0.15) is 28.8 Å². The number of nitrogen functional groups attached to an aromatic ring is 1. The third-order valence-corrected chi connectivity index (χ3v) is 3.16. The number of rotatable bonds is 1. The van der Waals surface area contributed by atoms with E-state index in [-0.39, 0.29) is 12.3 Å². The molecule has 1 fully saturated rings. The van der Waals surface area contributed by atoms with Gasteiger partial charge in [-0.2, -0.15) is 0 Å². The average molecular weight is 254 g/mol.